The highest BCUT2D eigenvalue weighted by Crippen LogP contribution is 2.26. The number of amides is 2. The predicted octanol–water partition coefficient (Wildman–Crippen LogP) is 1.62. The quantitative estimate of drug-likeness (QED) is 0.846. The van der Waals surface area contributed by atoms with Crippen molar-refractivity contribution < 1.29 is 23.8 Å². The van der Waals surface area contributed by atoms with Gasteiger partial charge in [-0.2, -0.15) is 0 Å². The Kier molecular flexibility index (Phi) is 5.67. The highest BCUT2D eigenvalue weighted by Gasteiger charge is 2.25. The fourth-order valence-electron chi connectivity index (χ4n) is 2.58. The van der Waals surface area contributed by atoms with E-state index < -0.39 is 0 Å². The van der Waals surface area contributed by atoms with E-state index in [4.69, 9.17) is 14.2 Å². The molecule has 0 unspecified atom stereocenters. The number of hydrogen-bond acceptors (Lipinski definition) is 5. The Bertz CT molecular complexity index is 576. The Morgan fingerprint density at radius 3 is 2.30 bits per heavy atom. The maximum absolute atomic E-state index is 12.7. The molecule has 0 radical (unpaired) electrons. The second-order valence-corrected chi connectivity index (χ2v) is 5.17. The summed E-state index contributed by atoms with van der Waals surface area (Å²) in [5, 5.41) is 0. The normalized spacial score (nSPS) is 14.9. The predicted molar refractivity (Wildman–Crippen MR) is 84.0 cm³/mol. The number of carbonyl (C=O) groups excluding carboxylic acids is 2. The lowest BCUT2D eigenvalue weighted by atomic mass is 10.1. The number of carbonyl (C=O) groups is 2. The maximum atomic E-state index is 12.7. The van der Waals surface area contributed by atoms with E-state index in [9.17, 15) is 9.59 Å². The number of hydrogen-bond donors (Lipinski definition) is 0. The van der Waals surface area contributed by atoms with Crippen LogP contribution in [-0.4, -0.2) is 69.3 Å². The van der Waals surface area contributed by atoms with Crippen molar-refractivity contribution in [1.82, 2.24) is 9.80 Å². The van der Waals surface area contributed by atoms with Gasteiger partial charge in [0.15, 0.2) is 0 Å². The average molecular weight is 322 g/mol. The minimum absolute atomic E-state index is 0.115. The van der Waals surface area contributed by atoms with E-state index in [2.05, 4.69) is 0 Å². The van der Waals surface area contributed by atoms with Crippen LogP contribution in [0.5, 0.6) is 11.5 Å². The van der Waals surface area contributed by atoms with E-state index in [0.717, 1.165) is 0 Å². The number of rotatable bonds is 3. The van der Waals surface area contributed by atoms with E-state index in [1.54, 1.807) is 35.1 Å². The third kappa shape index (κ3) is 3.85. The van der Waals surface area contributed by atoms with Crippen molar-refractivity contribution in [2.75, 3.05) is 47.5 Å². The van der Waals surface area contributed by atoms with Crippen molar-refractivity contribution in [3.63, 3.8) is 0 Å². The van der Waals surface area contributed by atoms with Crippen molar-refractivity contribution in [3.05, 3.63) is 23.8 Å². The first-order chi connectivity index (χ1) is 11.1. The fraction of sp³-hybridized carbons (Fsp3) is 0.500. The van der Waals surface area contributed by atoms with Gasteiger partial charge in [-0.1, -0.05) is 0 Å². The van der Waals surface area contributed by atoms with Crippen molar-refractivity contribution >= 4 is 12.0 Å². The average Bonchev–Trinajstić information content (AvgIpc) is 2.85. The molecule has 1 aromatic carbocycles. The molecule has 1 saturated heterocycles. The van der Waals surface area contributed by atoms with Crippen LogP contribution in [0.3, 0.4) is 0 Å². The van der Waals surface area contributed by atoms with Gasteiger partial charge in [0.1, 0.15) is 11.5 Å². The summed E-state index contributed by atoms with van der Waals surface area (Å²) in [6.07, 6.45) is 0.348. The van der Waals surface area contributed by atoms with Crippen molar-refractivity contribution in [2.24, 2.45) is 0 Å². The zero-order chi connectivity index (χ0) is 16.8. The van der Waals surface area contributed by atoms with Crippen LogP contribution in [0.25, 0.3) is 0 Å². The molecular weight excluding hydrogens is 300 g/mol. The molecule has 1 aliphatic rings. The van der Waals surface area contributed by atoms with Gasteiger partial charge in [-0.05, 0) is 18.6 Å². The van der Waals surface area contributed by atoms with E-state index in [-0.39, 0.29) is 12.0 Å². The van der Waals surface area contributed by atoms with Gasteiger partial charge in [0.05, 0.1) is 26.9 Å². The largest absolute Gasteiger partial charge is 0.497 e. The van der Waals surface area contributed by atoms with E-state index >= 15 is 0 Å². The van der Waals surface area contributed by atoms with Gasteiger partial charge in [-0.25, -0.2) is 4.79 Å². The number of benzene rings is 1. The minimum atomic E-state index is -0.360. The summed E-state index contributed by atoms with van der Waals surface area (Å²) >= 11 is 0. The number of ether oxygens (including phenoxy) is 3. The number of nitrogens with zero attached hydrogens (tertiary/aromatic N) is 2. The molecule has 7 nitrogen and oxygen atoms in total. The van der Waals surface area contributed by atoms with Gasteiger partial charge in [0.25, 0.3) is 5.91 Å². The summed E-state index contributed by atoms with van der Waals surface area (Å²) < 4.78 is 15.2. The molecular formula is C16H22N2O5. The Labute approximate surface area is 135 Å². The number of methoxy groups -OCH3 is 3. The first-order valence-electron chi connectivity index (χ1n) is 7.45. The molecule has 23 heavy (non-hydrogen) atoms. The molecule has 1 heterocycles. The lowest BCUT2D eigenvalue weighted by Gasteiger charge is -2.22. The molecule has 1 aliphatic heterocycles. The Hall–Kier alpha value is -2.44. The molecule has 0 spiro atoms. The smallest absolute Gasteiger partial charge is 0.409 e. The summed E-state index contributed by atoms with van der Waals surface area (Å²) in [6.45, 7) is 2.08. The SMILES string of the molecule is COC(=O)N1CCCN(C(=O)c2ccc(OC)cc2OC)CC1. The summed E-state index contributed by atoms with van der Waals surface area (Å²) in [5.41, 5.74) is 0.486. The molecule has 0 N–H and O–H groups in total. The maximum Gasteiger partial charge on any atom is 0.409 e. The highest BCUT2D eigenvalue weighted by atomic mass is 16.5. The van der Waals surface area contributed by atoms with Crippen LogP contribution in [0.1, 0.15) is 16.8 Å². The summed E-state index contributed by atoms with van der Waals surface area (Å²) in [6, 6.07) is 5.11. The second kappa shape index (κ2) is 7.71. The van der Waals surface area contributed by atoms with Crippen molar-refractivity contribution in [1.29, 1.82) is 0 Å². The fourth-order valence-corrected chi connectivity index (χ4v) is 2.58. The molecule has 0 atom stereocenters. The first kappa shape index (κ1) is 16.9. The molecule has 2 amide bonds. The Morgan fingerprint density at radius 1 is 0.957 bits per heavy atom. The third-order valence-corrected chi connectivity index (χ3v) is 3.86. The van der Waals surface area contributed by atoms with Crippen LogP contribution in [0, 0.1) is 0 Å². The third-order valence-electron chi connectivity index (χ3n) is 3.86. The molecule has 0 aliphatic carbocycles. The standard InChI is InChI=1S/C16H22N2O5/c1-21-12-5-6-13(14(11-12)22-2)15(19)17-7-4-8-18(10-9-17)16(20)23-3/h5-6,11H,4,7-10H2,1-3H3. The van der Waals surface area contributed by atoms with Crippen molar-refractivity contribution in [2.45, 2.75) is 6.42 Å². The van der Waals surface area contributed by atoms with Gasteiger partial charge >= 0.3 is 6.09 Å². The van der Waals surface area contributed by atoms with Gasteiger partial charge < -0.3 is 24.0 Å². The molecule has 126 valence electrons. The van der Waals surface area contributed by atoms with Crippen molar-refractivity contribution in [3.8, 4) is 11.5 Å². The van der Waals surface area contributed by atoms with Gasteiger partial charge in [0, 0.05) is 32.2 Å². The molecule has 0 bridgehead atoms. The summed E-state index contributed by atoms with van der Waals surface area (Å²) in [5.74, 6) is 0.991. The van der Waals surface area contributed by atoms with Gasteiger partial charge in [-0.3, -0.25) is 4.79 Å². The minimum Gasteiger partial charge on any atom is -0.497 e. The van der Waals surface area contributed by atoms with Gasteiger partial charge in [0.2, 0.25) is 0 Å². The zero-order valence-electron chi connectivity index (χ0n) is 13.7. The van der Waals surface area contributed by atoms with Gasteiger partial charge in [-0.15, -0.1) is 0 Å². The lowest BCUT2D eigenvalue weighted by molar-refractivity contribution is 0.0753. The molecule has 1 aromatic rings. The van der Waals surface area contributed by atoms with Crippen LogP contribution in [0.15, 0.2) is 18.2 Å². The molecule has 0 aromatic heterocycles. The van der Waals surface area contributed by atoms with Crippen LogP contribution in [0.2, 0.25) is 0 Å². The Balaban J connectivity index is 2.13. The van der Waals surface area contributed by atoms with E-state index in [0.29, 0.717) is 49.7 Å². The zero-order valence-corrected chi connectivity index (χ0v) is 13.7. The van der Waals surface area contributed by atoms with E-state index in [1.807, 2.05) is 0 Å². The van der Waals surface area contributed by atoms with E-state index in [1.165, 1.54) is 14.2 Å². The molecule has 0 saturated carbocycles. The molecule has 7 heteroatoms. The summed E-state index contributed by atoms with van der Waals surface area (Å²) in [7, 11) is 4.44. The Morgan fingerprint density at radius 2 is 1.65 bits per heavy atom. The lowest BCUT2D eigenvalue weighted by Crippen LogP contribution is -2.37. The highest BCUT2D eigenvalue weighted by molar-refractivity contribution is 5.97. The van der Waals surface area contributed by atoms with Crippen LogP contribution >= 0.6 is 0 Å². The van der Waals surface area contributed by atoms with Crippen LogP contribution in [-0.2, 0) is 4.74 Å². The second-order valence-electron chi connectivity index (χ2n) is 5.17. The van der Waals surface area contributed by atoms with Crippen LogP contribution in [0.4, 0.5) is 4.79 Å². The topological polar surface area (TPSA) is 68.3 Å². The first-order valence-corrected chi connectivity index (χ1v) is 7.45. The molecule has 2 rings (SSSR count). The molecule has 1 fully saturated rings. The monoisotopic (exact) mass is 322 g/mol. The summed E-state index contributed by atoms with van der Waals surface area (Å²) in [4.78, 5) is 27.7. The van der Waals surface area contributed by atoms with Crippen LogP contribution < -0.4 is 9.47 Å².